The molecule has 4 atom stereocenters. The number of ether oxygens (including phenoxy) is 1. The van der Waals surface area contributed by atoms with Gasteiger partial charge in [-0.2, -0.15) is 0 Å². The molecule has 3 rings (SSSR count). The van der Waals surface area contributed by atoms with Gasteiger partial charge in [-0.05, 0) is 43.1 Å². The first-order valence-corrected chi connectivity index (χ1v) is 8.41. The second kappa shape index (κ2) is 5.01. The van der Waals surface area contributed by atoms with Crippen LogP contribution in [0.5, 0.6) is 5.75 Å². The molecule has 2 aliphatic rings. The molecule has 2 nitrogen and oxygen atoms in total. The van der Waals surface area contributed by atoms with Crippen LogP contribution in [0.1, 0.15) is 65.0 Å². The van der Waals surface area contributed by atoms with Crippen molar-refractivity contribution in [3.8, 4) is 5.75 Å². The lowest BCUT2D eigenvalue weighted by atomic mass is 9.70. The van der Waals surface area contributed by atoms with E-state index in [9.17, 15) is 0 Å². The predicted molar refractivity (Wildman–Crippen MR) is 87.3 cm³/mol. The number of hydrogen-bond acceptors (Lipinski definition) is 2. The number of nitrogens with two attached hydrogens (primary N) is 1. The number of benzene rings is 1. The van der Waals surface area contributed by atoms with Crippen LogP contribution in [0.25, 0.3) is 0 Å². The highest BCUT2D eigenvalue weighted by atomic mass is 16.5. The van der Waals surface area contributed by atoms with Crippen molar-refractivity contribution >= 4 is 0 Å². The largest absolute Gasteiger partial charge is 0.489 e. The smallest absolute Gasteiger partial charge is 0.124 e. The first-order chi connectivity index (χ1) is 9.90. The third-order valence-corrected chi connectivity index (χ3v) is 6.74. The Labute approximate surface area is 129 Å². The summed E-state index contributed by atoms with van der Waals surface area (Å²) in [6.45, 7) is 9.41. The lowest BCUT2D eigenvalue weighted by Gasteiger charge is -2.39. The molecule has 0 radical (unpaired) electrons. The number of fused-ring (bicyclic) bond motifs is 2. The van der Waals surface area contributed by atoms with Gasteiger partial charge in [0.15, 0.2) is 0 Å². The van der Waals surface area contributed by atoms with Gasteiger partial charge in [0.1, 0.15) is 11.9 Å². The second-order valence-electron chi connectivity index (χ2n) is 7.77. The molecule has 2 saturated carbocycles. The summed E-state index contributed by atoms with van der Waals surface area (Å²) in [5.41, 5.74) is 8.09. The van der Waals surface area contributed by atoms with Crippen molar-refractivity contribution in [1.82, 2.24) is 0 Å². The van der Waals surface area contributed by atoms with Gasteiger partial charge in [-0.25, -0.2) is 0 Å². The maximum atomic E-state index is 6.52. The van der Waals surface area contributed by atoms with E-state index in [-0.39, 0.29) is 6.04 Å². The monoisotopic (exact) mass is 287 g/mol. The summed E-state index contributed by atoms with van der Waals surface area (Å²) < 4.78 is 6.52. The molecular weight excluding hydrogens is 258 g/mol. The number of para-hydroxylation sites is 1. The van der Waals surface area contributed by atoms with Gasteiger partial charge in [-0.1, -0.05) is 45.9 Å². The van der Waals surface area contributed by atoms with Gasteiger partial charge < -0.3 is 10.5 Å². The summed E-state index contributed by atoms with van der Waals surface area (Å²) in [5.74, 6) is 1.81. The van der Waals surface area contributed by atoms with Crippen molar-refractivity contribution in [1.29, 1.82) is 0 Å². The second-order valence-corrected chi connectivity index (χ2v) is 7.77. The number of rotatable bonds is 4. The van der Waals surface area contributed by atoms with Crippen molar-refractivity contribution in [3.63, 3.8) is 0 Å². The molecule has 0 saturated heterocycles. The molecule has 0 aliphatic heterocycles. The number of hydrogen-bond donors (Lipinski definition) is 1. The van der Waals surface area contributed by atoms with Crippen LogP contribution < -0.4 is 10.5 Å². The maximum Gasteiger partial charge on any atom is 0.124 e. The molecular formula is C19H29NO. The molecule has 1 aromatic rings. The minimum absolute atomic E-state index is 0.0700. The van der Waals surface area contributed by atoms with Crippen LogP contribution in [0.3, 0.4) is 0 Å². The Kier molecular flexibility index (Phi) is 3.56. The Bertz CT molecular complexity index is 524. The molecule has 0 heterocycles. The van der Waals surface area contributed by atoms with Crippen LogP contribution in [0.4, 0.5) is 0 Å². The van der Waals surface area contributed by atoms with Gasteiger partial charge in [0.05, 0.1) is 0 Å². The van der Waals surface area contributed by atoms with Gasteiger partial charge in [0.2, 0.25) is 0 Å². The first-order valence-electron chi connectivity index (χ1n) is 8.41. The van der Waals surface area contributed by atoms with Crippen molar-refractivity contribution in [3.05, 3.63) is 29.8 Å². The summed E-state index contributed by atoms with van der Waals surface area (Å²) in [4.78, 5) is 0. The summed E-state index contributed by atoms with van der Waals surface area (Å²) in [7, 11) is 0. The Morgan fingerprint density at radius 3 is 2.57 bits per heavy atom. The zero-order chi connectivity index (χ0) is 15.3. The fourth-order valence-electron chi connectivity index (χ4n) is 4.58. The van der Waals surface area contributed by atoms with Crippen LogP contribution >= 0.6 is 0 Å². The highest BCUT2D eigenvalue weighted by Gasteiger charge is 2.62. The van der Waals surface area contributed by atoms with Crippen molar-refractivity contribution in [2.75, 3.05) is 0 Å². The molecule has 2 fully saturated rings. The van der Waals surface area contributed by atoms with E-state index in [0.29, 0.717) is 16.9 Å². The Balaban J connectivity index is 1.86. The van der Waals surface area contributed by atoms with Crippen LogP contribution in [-0.2, 0) is 0 Å². The fraction of sp³-hybridized carbons (Fsp3) is 0.684. The predicted octanol–water partition coefficient (Wildman–Crippen LogP) is 4.69. The zero-order valence-electron chi connectivity index (χ0n) is 13.9. The topological polar surface area (TPSA) is 35.2 Å². The van der Waals surface area contributed by atoms with E-state index >= 15 is 0 Å². The minimum Gasteiger partial charge on any atom is -0.489 e. The van der Waals surface area contributed by atoms with E-state index in [1.54, 1.807) is 0 Å². The van der Waals surface area contributed by atoms with Crippen molar-refractivity contribution in [2.24, 2.45) is 22.5 Å². The van der Waals surface area contributed by atoms with Gasteiger partial charge in [-0.15, -0.1) is 0 Å². The van der Waals surface area contributed by atoms with Crippen molar-refractivity contribution in [2.45, 2.75) is 65.5 Å². The van der Waals surface area contributed by atoms with Crippen LogP contribution in [0, 0.1) is 16.7 Å². The third kappa shape index (κ3) is 2.11. The highest BCUT2D eigenvalue weighted by Crippen LogP contribution is 2.66. The first kappa shape index (κ1) is 14.9. The molecule has 1 aromatic carbocycles. The highest BCUT2D eigenvalue weighted by molar-refractivity contribution is 5.36. The Morgan fingerprint density at radius 2 is 2.00 bits per heavy atom. The van der Waals surface area contributed by atoms with Gasteiger partial charge in [0.25, 0.3) is 0 Å². The fourth-order valence-corrected chi connectivity index (χ4v) is 4.58. The minimum atomic E-state index is 0.0700. The molecule has 4 unspecified atom stereocenters. The standard InChI is InChI=1S/C19H29NO/c1-5-15(20)14-8-6-7-9-16(14)21-17-12-13-10-11-19(17,4)18(13,2)3/h6-9,13,15,17H,5,10-12,20H2,1-4H3. The van der Waals surface area contributed by atoms with Crippen LogP contribution in [-0.4, -0.2) is 6.10 Å². The molecule has 0 aromatic heterocycles. The van der Waals surface area contributed by atoms with Gasteiger partial charge >= 0.3 is 0 Å². The van der Waals surface area contributed by atoms with Crippen LogP contribution in [0.15, 0.2) is 24.3 Å². The lowest BCUT2D eigenvalue weighted by Crippen LogP contribution is -2.39. The van der Waals surface area contributed by atoms with Crippen LogP contribution in [0.2, 0.25) is 0 Å². The summed E-state index contributed by atoms with van der Waals surface area (Å²) in [5, 5.41) is 0. The average Bonchev–Trinajstić information content (AvgIpc) is 2.80. The summed E-state index contributed by atoms with van der Waals surface area (Å²) >= 11 is 0. The van der Waals surface area contributed by atoms with E-state index in [0.717, 1.165) is 23.7 Å². The molecule has 116 valence electrons. The summed E-state index contributed by atoms with van der Waals surface area (Å²) in [6, 6.07) is 8.39. The SMILES string of the molecule is CCC(N)c1ccccc1OC1CC2CCC1(C)C2(C)C. The molecule has 2 aliphatic carbocycles. The van der Waals surface area contributed by atoms with Crippen molar-refractivity contribution < 1.29 is 4.74 Å². The Morgan fingerprint density at radius 1 is 1.29 bits per heavy atom. The third-order valence-electron chi connectivity index (χ3n) is 6.74. The zero-order valence-corrected chi connectivity index (χ0v) is 13.9. The summed E-state index contributed by atoms with van der Waals surface area (Å²) in [6.07, 6.45) is 5.11. The lowest BCUT2D eigenvalue weighted by molar-refractivity contribution is 0.0293. The normalized spacial score (nSPS) is 34.9. The molecule has 0 amide bonds. The van der Waals surface area contributed by atoms with E-state index in [1.807, 2.05) is 0 Å². The van der Waals surface area contributed by atoms with E-state index in [4.69, 9.17) is 10.5 Å². The maximum absolute atomic E-state index is 6.52. The molecule has 0 spiro atoms. The van der Waals surface area contributed by atoms with Gasteiger partial charge in [-0.3, -0.25) is 0 Å². The van der Waals surface area contributed by atoms with Gasteiger partial charge in [0, 0.05) is 17.0 Å². The average molecular weight is 287 g/mol. The van der Waals surface area contributed by atoms with E-state index < -0.39 is 0 Å². The quantitative estimate of drug-likeness (QED) is 0.872. The molecule has 2 N–H and O–H groups in total. The molecule has 2 bridgehead atoms. The molecule has 2 heteroatoms. The Hall–Kier alpha value is -1.02. The van der Waals surface area contributed by atoms with E-state index in [1.165, 1.54) is 19.3 Å². The van der Waals surface area contributed by atoms with E-state index in [2.05, 4.69) is 52.0 Å². The molecule has 21 heavy (non-hydrogen) atoms.